The van der Waals surface area contributed by atoms with Crippen LogP contribution in [0.4, 0.5) is 0 Å². The Morgan fingerprint density at radius 3 is 3.12 bits per heavy atom. The molecule has 0 aliphatic heterocycles. The van der Waals surface area contributed by atoms with Crippen molar-refractivity contribution in [3.63, 3.8) is 0 Å². The van der Waals surface area contributed by atoms with E-state index in [0.29, 0.717) is 5.75 Å². The van der Waals surface area contributed by atoms with Gasteiger partial charge in [-0.25, -0.2) is 4.98 Å². The molecular weight excluding hydrogens is 232 g/mol. The van der Waals surface area contributed by atoms with Crippen LogP contribution in [-0.4, -0.2) is 28.8 Å². The van der Waals surface area contributed by atoms with Gasteiger partial charge in [-0.2, -0.15) is 5.26 Å². The number of aryl methyl sites for hydroxylation is 1. The van der Waals surface area contributed by atoms with Crippen LogP contribution in [-0.2, 0) is 0 Å². The lowest BCUT2D eigenvalue weighted by molar-refractivity contribution is 0.749. The molecule has 0 fully saturated rings. The number of hydrogen-bond acceptors (Lipinski definition) is 4. The number of nitrogens with zero attached hydrogens (tertiary/aromatic N) is 2. The molecule has 0 radical (unpaired) electrons. The number of rotatable bonds is 4. The molecule has 5 heteroatoms. The highest BCUT2D eigenvalue weighted by Gasteiger charge is 2.08. The molecular formula is C12H14N4S. The predicted molar refractivity (Wildman–Crippen MR) is 70.0 cm³/mol. The van der Waals surface area contributed by atoms with Crippen LogP contribution >= 0.6 is 11.8 Å². The quantitative estimate of drug-likeness (QED) is 0.811. The van der Waals surface area contributed by atoms with Gasteiger partial charge in [-0.05, 0) is 31.7 Å². The van der Waals surface area contributed by atoms with Crippen molar-refractivity contribution in [2.45, 2.75) is 18.1 Å². The van der Waals surface area contributed by atoms with Gasteiger partial charge in [0.25, 0.3) is 0 Å². The fourth-order valence-electron chi connectivity index (χ4n) is 1.52. The van der Waals surface area contributed by atoms with E-state index in [-0.39, 0.29) is 6.04 Å². The molecule has 1 heterocycles. The molecule has 0 aliphatic carbocycles. The Balaban J connectivity index is 2.12. The first-order valence-corrected chi connectivity index (χ1v) is 6.37. The zero-order valence-corrected chi connectivity index (χ0v) is 10.6. The summed E-state index contributed by atoms with van der Waals surface area (Å²) in [6.07, 6.45) is 0. The highest BCUT2D eigenvalue weighted by atomic mass is 32.2. The first-order chi connectivity index (χ1) is 8.22. The number of aromatic nitrogens is 2. The molecule has 1 atom stereocenters. The third-order valence-electron chi connectivity index (χ3n) is 2.51. The standard InChI is InChI=1S/C12H14N4S/c1-8-3-4-10-11(5-8)16-12(15-10)17-7-9(6-13)14-2/h3-5,9,14H,7H2,1-2H3,(H,15,16). The molecule has 1 unspecified atom stereocenters. The highest BCUT2D eigenvalue weighted by molar-refractivity contribution is 7.99. The van der Waals surface area contributed by atoms with Crippen LogP contribution in [0.5, 0.6) is 0 Å². The maximum Gasteiger partial charge on any atom is 0.166 e. The summed E-state index contributed by atoms with van der Waals surface area (Å²) in [6, 6.07) is 8.17. The van der Waals surface area contributed by atoms with E-state index in [1.807, 2.05) is 12.1 Å². The van der Waals surface area contributed by atoms with Gasteiger partial charge >= 0.3 is 0 Å². The van der Waals surface area contributed by atoms with Crippen LogP contribution < -0.4 is 5.32 Å². The highest BCUT2D eigenvalue weighted by Crippen LogP contribution is 2.20. The van der Waals surface area contributed by atoms with Crippen LogP contribution in [0, 0.1) is 18.3 Å². The minimum absolute atomic E-state index is 0.144. The molecule has 17 heavy (non-hydrogen) atoms. The topological polar surface area (TPSA) is 64.5 Å². The number of fused-ring (bicyclic) bond motifs is 1. The van der Waals surface area contributed by atoms with Crippen molar-refractivity contribution in [2.75, 3.05) is 12.8 Å². The van der Waals surface area contributed by atoms with Crippen molar-refractivity contribution in [3.8, 4) is 6.07 Å². The minimum atomic E-state index is -0.144. The van der Waals surface area contributed by atoms with Crippen molar-refractivity contribution in [1.82, 2.24) is 15.3 Å². The second-order valence-corrected chi connectivity index (χ2v) is 4.85. The summed E-state index contributed by atoms with van der Waals surface area (Å²) < 4.78 is 0. The third-order valence-corrected chi connectivity index (χ3v) is 3.47. The summed E-state index contributed by atoms with van der Waals surface area (Å²) in [4.78, 5) is 7.72. The van der Waals surface area contributed by atoms with Crippen molar-refractivity contribution in [1.29, 1.82) is 5.26 Å². The van der Waals surface area contributed by atoms with Crippen LogP contribution in [0.15, 0.2) is 23.4 Å². The van der Waals surface area contributed by atoms with Gasteiger partial charge < -0.3 is 10.3 Å². The second kappa shape index (κ2) is 5.21. The van der Waals surface area contributed by atoms with Gasteiger partial charge in [0, 0.05) is 5.75 Å². The molecule has 0 bridgehead atoms. The molecule has 2 N–H and O–H groups in total. The number of nitrogens with one attached hydrogen (secondary N) is 2. The van der Waals surface area contributed by atoms with E-state index in [2.05, 4.69) is 34.3 Å². The Bertz CT molecular complexity index is 555. The van der Waals surface area contributed by atoms with Gasteiger partial charge in [0.2, 0.25) is 0 Å². The van der Waals surface area contributed by atoms with E-state index >= 15 is 0 Å². The second-order valence-electron chi connectivity index (χ2n) is 3.84. The number of aromatic amines is 1. The number of hydrogen-bond donors (Lipinski definition) is 2. The molecule has 0 spiro atoms. The Kier molecular flexibility index (Phi) is 3.67. The zero-order chi connectivity index (χ0) is 12.3. The molecule has 1 aromatic carbocycles. The smallest absolute Gasteiger partial charge is 0.166 e. The number of H-pyrrole nitrogens is 1. The fraction of sp³-hybridized carbons (Fsp3) is 0.333. The molecule has 2 rings (SSSR count). The van der Waals surface area contributed by atoms with Gasteiger partial charge in [-0.1, -0.05) is 17.8 Å². The normalized spacial score (nSPS) is 12.5. The van der Waals surface area contributed by atoms with Crippen molar-refractivity contribution < 1.29 is 0 Å². The molecule has 4 nitrogen and oxygen atoms in total. The van der Waals surface area contributed by atoms with E-state index < -0.39 is 0 Å². The Morgan fingerprint density at radius 1 is 1.59 bits per heavy atom. The summed E-state index contributed by atoms with van der Waals surface area (Å²) >= 11 is 1.56. The summed E-state index contributed by atoms with van der Waals surface area (Å²) in [5.41, 5.74) is 3.23. The van der Waals surface area contributed by atoms with E-state index in [1.165, 1.54) is 5.56 Å². The summed E-state index contributed by atoms with van der Waals surface area (Å²) in [7, 11) is 1.79. The van der Waals surface area contributed by atoms with E-state index in [0.717, 1.165) is 16.2 Å². The molecule has 0 saturated heterocycles. The third kappa shape index (κ3) is 2.78. The average Bonchev–Trinajstić information content (AvgIpc) is 2.72. The molecule has 1 aromatic heterocycles. The average molecular weight is 246 g/mol. The first kappa shape index (κ1) is 12.0. The van der Waals surface area contributed by atoms with Gasteiger partial charge in [0.1, 0.15) is 6.04 Å². The Labute approximate surface area is 104 Å². The maximum atomic E-state index is 8.82. The fourth-order valence-corrected chi connectivity index (χ4v) is 2.43. The number of thioether (sulfide) groups is 1. The molecule has 88 valence electrons. The van der Waals surface area contributed by atoms with Gasteiger partial charge in [0.05, 0.1) is 17.1 Å². The minimum Gasteiger partial charge on any atom is -0.333 e. The Morgan fingerprint density at radius 2 is 2.41 bits per heavy atom. The first-order valence-electron chi connectivity index (χ1n) is 5.39. The number of imidazole rings is 1. The maximum absolute atomic E-state index is 8.82. The predicted octanol–water partition coefficient (Wildman–Crippen LogP) is 2.07. The monoisotopic (exact) mass is 246 g/mol. The lowest BCUT2D eigenvalue weighted by Gasteiger charge is -2.04. The molecule has 2 aromatic rings. The van der Waals surface area contributed by atoms with Crippen molar-refractivity contribution in [2.24, 2.45) is 0 Å². The lowest BCUT2D eigenvalue weighted by Crippen LogP contribution is -2.25. The van der Waals surface area contributed by atoms with E-state index in [4.69, 9.17) is 5.26 Å². The molecule has 0 amide bonds. The van der Waals surface area contributed by atoms with E-state index in [1.54, 1.807) is 18.8 Å². The lowest BCUT2D eigenvalue weighted by atomic mass is 10.2. The van der Waals surface area contributed by atoms with Gasteiger partial charge in [0.15, 0.2) is 5.16 Å². The number of benzene rings is 1. The largest absolute Gasteiger partial charge is 0.333 e. The van der Waals surface area contributed by atoms with Crippen LogP contribution in [0.2, 0.25) is 0 Å². The van der Waals surface area contributed by atoms with E-state index in [9.17, 15) is 0 Å². The zero-order valence-electron chi connectivity index (χ0n) is 9.82. The van der Waals surface area contributed by atoms with Crippen LogP contribution in [0.1, 0.15) is 5.56 Å². The number of nitriles is 1. The summed E-state index contributed by atoms with van der Waals surface area (Å²) in [5.74, 6) is 0.686. The van der Waals surface area contributed by atoms with Crippen molar-refractivity contribution >= 4 is 22.8 Å². The van der Waals surface area contributed by atoms with Gasteiger partial charge in [-0.3, -0.25) is 0 Å². The SMILES string of the molecule is CNC(C#N)CSc1nc2ccc(C)cc2[nH]1. The molecule has 0 saturated carbocycles. The van der Waals surface area contributed by atoms with Crippen LogP contribution in [0.3, 0.4) is 0 Å². The van der Waals surface area contributed by atoms with Gasteiger partial charge in [-0.15, -0.1) is 0 Å². The van der Waals surface area contributed by atoms with Crippen LogP contribution in [0.25, 0.3) is 11.0 Å². The Hall–Kier alpha value is -1.51. The summed E-state index contributed by atoms with van der Waals surface area (Å²) in [6.45, 7) is 2.06. The summed E-state index contributed by atoms with van der Waals surface area (Å²) in [5, 5.41) is 12.6. The van der Waals surface area contributed by atoms with Crippen molar-refractivity contribution in [3.05, 3.63) is 23.8 Å². The molecule has 0 aliphatic rings.